The fourth-order valence-electron chi connectivity index (χ4n) is 7.15. The highest BCUT2D eigenvalue weighted by atomic mass is 16.4. The molecule has 5 rings (SSSR count). The van der Waals surface area contributed by atoms with E-state index in [1.807, 2.05) is 31.5 Å². The number of carboxylic acids is 1. The number of nitrogens with zero attached hydrogens (tertiary/aromatic N) is 2. The predicted molar refractivity (Wildman–Crippen MR) is 166 cm³/mol. The van der Waals surface area contributed by atoms with Crippen LogP contribution in [-0.4, -0.2) is 41.2 Å². The Morgan fingerprint density at radius 1 is 1.02 bits per heavy atom. The van der Waals surface area contributed by atoms with Gasteiger partial charge in [0.05, 0.1) is 11.0 Å². The lowest BCUT2D eigenvalue weighted by Gasteiger charge is -2.36. The maximum atomic E-state index is 13.7. The van der Waals surface area contributed by atoms with Crippen LogP contribution in [0.25, 0.3) is 0 Å². The summed E-state index contributed by atoms with van der Waals surface area (Å²) >= 11 is 0. The van der Waals surface area contributed by atoms with Crippen LogP contribution in [0.4, 0.5) is 11.4 Å². The molecule has 42 heavy (non-hydrogen) atoms. The molecule has 0 saturated carbocycles. The summed E-state index contributed by atoms with van der Waals surface area (Å²) in [5.74, 6) is -1.44. The molecule has 0 fully saturated rings. The molecule has 1 N–H and O–H groups in total. The van der Waals surface area contributed by atoms with Crippen LogP contribution in [0.3, 0.4) is 0 Å². The molecular weight excluding hydrogens is 524 g/mol. The molecule has 220 valence electrons. The first-order valence-electron chi connectivity index (χ1n) is 15.1. The number of anilines is 1. The Balaban J connectivity index is 1.58. The molecule has 0 radical (unpaired) electrons. The van der Waals surface area contributed by atoms with Gasteiger partial charge in [-0.2, -0.15) is 4.58 Å². The molecule has 1 aliphatic carbocycles. The number of allylic oxidation sites excluding steroid dienone is 5. The van der Waals surface area contributed by atoms with Crippen molar-refractivity contribution in [3.05, 3.63) is 93.4 Å². The number of unbranched alkanes of at least 4 members (excludes halogenated alkanes) is 2. The normalized spacial score (nSPS) is 20.5. The Morgan fingerprint density at radius 3 is 2.29 bits per heavy atom. The third-order valence-electron chi connectivity index (χ3n) is 9.62. The van der Waals surface area contributed by atoms with Gasteiger partial charge in [0, 0.05) is 52.7 Å². The van der Waals surface area contributed by atoms with Gasteiger partial charge in [0.15, 0.2) is 11.5 Å². The maximum absolute atomic E-state index is 13.7. The van der Waals surface area contributed by atoms with Crippen molar-refractivity contribution in [2.24, 2.45) is 0 Å². The largest absolute Gasteiger partial charge is 0.871 e. The van der Waals surface area contributed by atoms with Gasteiger partial charge in [-0.05, 0) is 63.5 Å². The van der Waals surface area contributed by atoms with Crippen LogP contribution in [0.2, 0.25) is 0 Å². The number of carbonyl (C=O) groups excluding carboxylic acids is 1. The molecule has 2 heterocycles. The summed E-state index contributed by atoms with van der Waals surface area (Å²) < 4.78 is 1.95. The summed E-state index contributed by atoms with van der Waals surface area (Å²) in [6.07, 6.45) is 9.82. The van der Waals surface area contributed by atoms with Crippen molar-refractivity contribution >= 4 is 28.8 Å². The van der Waals surface area contributed by atoms with Gasteiger partial charge in [0.2, 0.25) is 5.69 Å². The van der Waals surface area contributed by atoms with E-state index in [-0.39, 0.29) is 33.7 Å². The smallest absolute Gasteiger partial charge is 0.335 e. The topological polar surface area (TPSA) is 83.7 Å². The molecule has 2 aromatic rings. The molecule has 6 heteroatoms. The maximum Gasteiger partial charge on any atom is 0.335 e. The highest BCUT2D eigenvalue weighted by molar-refractivity contribution is 6.24. The number of carbonyl (C=O) groups is 2. The van der Waals surface area contributed by atoms with Gasteiger partial charge in [0.1, 0.15) is 7.05 Å². The molecule has 6 nitrogen and oxygen atoms in total. The van der Waals surface area contributed by atoms with E-state index in [4.69, 9.17) is 0 Å². The number of benzene rings is 2. The lowest BCUT2D eigenvalue weighted by atomic mass is 9.70. The van der Waals surface area contributed by atoms with Crippen LogP contribution >= 0.6 is 0 Å². The number of aryl methyl sites for hydroxylation is 1. The summed E-state index contributed by atoms with van der Waals surface area (Å²) in [4.78, 5) is 27.5. The fourth-order valence-corrected chi connectivity index (χ4v) is 7.15. The standard InChI is InChI=1S/C36H42N2O4/c1-8-10-16-36(17-11-9-2)27-18-22(3)12-14-29(27)38(7)31(36)21-25-32(39)24(33(25)40)20-30-35(4,5)26-19-23(34(41)42)13-15-28(26)37(30)6/h12-15,18-21H,8-11,16-17H2,1-7H3,(H-,39,40,41,42). The molecule has 2 aliphatic heterocycles. The van der Waals surface area contributed by atoms with Crippen molar-refractivity contribution in [2.75, 3.05) is 19.0 Å². The number of hydrogen-bond donors (Lipinski definition) is 1. The minimum atomic E-state index is -0.983. The second kappa shape index (κ2) is 10.7. The Bertz CT molecular complexity index is 1610. The molecule has 3 aliphatic rings. The fraction of sp³-hybridized carbons (Fsp3) is 0.417. The molecule has 0 saturated heterocycles. The molecule has 0 bridgehead atoms. The zero-order chi connectivity index (χ0) is 30.6. The first-order valence-corrected chi connectivity index (χ1v) is 15.1. The quantitative estimate of drug-likeness (QED) is 0.278. The van der Waals surface area contributed by atoms with Crippen LogP contribution in [0, 0.1) is 6.92 Å². The van der Waals surface area contributed by atoms with Crippen molar-refractivity contribution in [1.29, 1.82) is 0 Å². The Hall–Kier alpha value is -3.93. The zero-order valence-corrected chi connectivity index (χ0v) is 25.9. The SMILES string of the molecule is CCCCC1(CCCC)C(=CC2=C([O-])C(=CC3=[N+](C)c4ccc(C(=O)O)cc4C3(C)C)C2=O)N(C)c2ccc(C)cc21. The number of fused-ring (bicyclic) bond motifs is 2. The number of Topliss-reactive ketones (excluding diaryl/α,β-unsaturated/α-hetero) is 1. The van der Waals surface area contributed by atoms with E-state index in [0.717, 1.165) is 66.9 Å². The van der Waals surface area contributed by atoms with E-state index in [0.29, 0.717) is 0 Å². The Morgan fingerprint density at radius 2 is 1.69 bits per heavy atom. The van der Waals surface area contributed by atoms with E-state index in [9.17, 15) is 19.8 Å². The van der Waals surface area contributed by atoms with E-state index in [1.54, 1.807) is 24.3 Å². The third kappa shape index (κ3) is 4.43. The minimum absolute atomic E-state index is 0.185. The number of hydrogen-bond acceptors (Lipinski definition) is 4. The molecule has 2 aromatic carbocycles. The van der Waals surface area contributed by atoms with Gasteiger partial charge >= 0.3 is 5.97 Å². The Kier molecular flexibility index (Phi) is 7.55. The van der Waals surface area contributed by atoms with Crippen molar-refractivity contribution in [3.8, 4) is 0 Å². The lowest BCUT2D eigenvalue weighted by molar-refractivity contribution is -0.401. The average Bonchev–Trinajstić information content (AvgIpc) is 3.30. The van der Waals surface area contributed by atoms with Gasteiger partial charge in [0.25, 0.3) is 0 Å². The van der Waals surface area contributed by atoms with E-state index < -0.39 is 11.4 Å². The molecule has 0 atom stereocenters. The second-order valence-electron chi connectivity index (χ2n) is 12.6. The number of aromatic carboxylic acids is 1. The average molecular weight is 567 g/mol. The predicted octanol–water partition coefficient (Wildman–Crippen LogP) is 6.47. The number of rotatable bonds is 9. The second-order valence-corrected chi connectivity index (χ2v) is 12.6. The molecule has 0 aromatic heterocycles. The van der Waals surface area contributed by atoms with Crippen molar-refractivity contribution in [2.45, 2.75) is 84.0 Å². The molecule has 0 spiro atoms. The lowest BCUT2D eigenvalue weighted by Crippen LogP contribution is -2.35. The molecule has 0 unspecified atom stereocenters. The number of likely N-dealkylation sites (N-methyl/N-ethyl adjacent to an activating group) is 1. The third-order valence-corrected chi connectivity index (χ3v) is 9.62. The minimum Gasteiger partial charge on any atom is -0.871 e. The number of carboxylic acid groups (broad SMARTS) is 1. The summed E-state index contributed by atoms with van der Waals surface area (Å²) in [5.41, 5.74) is 7.08. The summed E-state index contributed by atoms with van der Waals surface area (Å²) in [6, 6.07) is 11.7. The van der Waals surface area contributed by atoms with Gasteiger partial charge in [-0.1, -0.05) is 63.0 Å². The highest BCUT2D eigenvalue weighted by Gasteiger charge is 2.47. The van der Waals surface area contributed by atoms with Crippen LogP contribution in [-0.2, 0) is 15.6 Å². The van der Waals surface area contributed by atoms with Crippen LogP contribution in [0.5, 0.6) is 0 Å². The van der Waals surface area contributed by atoms with Gasteiger partial charge in [-0.3, -0.25) is 4.79 Å². The monoisotopic (exact) mass is 566 g/mol. The van der Waals surface area contributed by atoms with E-state index in [1.165, 1.54) is 11.1 Å². The Labute approximate surface area is 249 Å². The number of ketones is 1. The first-order chi connectivity index (χ1) is 19.9. The van der Waals surface area contributed by atoms with Gasteiger partial charge in [-0.25, -0.2) is 4.79 Å². The van der Waals surface area contributed by atoms with Crippen LogP contribution in [0.1, 0.15) is 93.3 Å². The highest BCUT2D eigenvalue weighted by Crippen LogP contribution is 2.54. The molecule has 0 amide bonds. The zero-order valence-electron chi connectivity index (χ0n) is 25.9. The summed E-state index contributed by atoms with van der Waals surface area (Å²) in [6.45, 7) is 10.5. The van der Waals surface area contributed by atoms with Crippen LogP contribution in [0.15, 0.2) is 71.2 Å². The van der Waals surface area contributed by atoms with Crippen LogP contribution < -0.4 is 10.0 Å². The van der Waals surface area contributed by atoms with Gasteiger partial charge in [-0.15, -0.1) is 0 Å². The van der Waals surface area contributed by atoms with E-state index >= 15 is 0 Å². The molecular formula is C36H42N2O4. The van der Waals surface area contributed by atoms with Crippen molar-refractivity contribution < 1.29 is 24.4 Å². The van der Waals surface area contributed by atoms with Crippen molar-refractivity contribution in [1.82, 2.24) is 0 Å². The van der Waals surface area contributed by atoms with Gasteiger partial charge < -0.3 is 15.1 Å². The van der Waals surface area contributed by atoms with Crippen molar-refractivity contribution in [3.63, 3.8) is 0 Å². The summed E-state index contributed by atoms with van der Waals surface area (Å²) in [7, 11) is 3.95. The first kappa shape index (κ1) is 29.6. The summed E-state index contributed by atoms with van der Waals surface area (Å²) in [5, 5.41) is 23.2. The van der Waals surface area contributed by atoms with E-state index in [2.05, 4.69) is 50.9 Å².